The number of amides is 4. The van der Waals surface area contributed by atoms with Gasteiger partial charge in [-0.15, -0.1) is 0 Å². The van der Waals surface area contributed by atoms with E-state index in [4.69, 9.17) is 29.7 Å². The van der Waals surface area contributed by atoms with Crippen LogP contribution in [-0.4, -0.2) is 102 Å². The number of nitrogens with two attached hydrogens (primary N) is 1. The Hall–Kier alpha value is -5.35. The molecular weight excluding hydrogens is 747 g/mol. The minimum atomic E-state index is -0.716. The molecule has 0 radical (unpaired) electrons. The van der Waals surface area contributed by atoms with Gasteiger partial charge < -0.3 is 61.1 Å². The molecular formula is C41H65N9O8. The van der Waals surface area contributed by atoms with Crippen molar-refractivity contribution >= 4 is 53.1 Å². The van der Waals surface area contributed by atoms with E-state index in [-0.39, 0.29) is 0 Å². The van der Waals surface area contributed by atoms with Crippen LogP contribution in [0.15, 0.2) is 36.4 Å². The van der Waals surface area contributed by atoms with Crippen molar-refractivity contribution < 1.29 is 38.1 Å². The highest BCUT2D eigenvalue weighted by atomic mass is 16.6. The summed E-state index contributed by atoms with van der Waals surface area (Å²) in [6, 6.07) is 9.31. The number of piperidine rings is 2. The zero-order valence-electron chi connectivity index (χ0n) is 36.2. The average Bonchev–Trinajstić information content (AvgIpc) is 3.01. The van der Waals surface area contributed by atoms with Gasteiger partial charge in [0.05, 0.1) is 24.2 Å². The van der Waals surface area contributed by atoms with Gasteiger partial charge in [-0.2, -0.15) is 0 Å². The number of hydrogen-bond donors (Lipinski definition) is 6. The van der Waals surface area contributed by atoms with Gasteiger partial charge in [-0.1, -0.05) is 0 Å². The summed E-state index contributed by atoms with van der Waals surface area (Å²) in [5.74, 6) is 1.04. The molecule has 4 rings (SSSR count). The number of ether oxygens (including phenoxy) is 4. The molecule has 2 aliphatic rings. The molecule has 1 aromatic carbocycles. The summed E-state index contributed by atoms with van der Waals surface area (Å²) in [6.07, 6.45) is -1.47. The van der Waals surface area contributed by atoms with Crippen molar-refractivity contribution in [2.24, 2.45) is 0 Å². The van der Waals surface area contributed by atoms with Gasteiger partial charge in [-0.3, -0.25) is 0 Å². The molecule has 7 N–H and O–H groups in total. The van der Waals surface area contributed by atoms with Gasteiger partial charge in [0.15, 0.2) is 0 Å². The molecule has 3 heterocycles. The summed E-state index contributed by atoms with van der Waals surface area (Å²) in [5, 5.41) is 15.3. The first-order chi connectivity index (χ1) is 26.7. The minimum absolute atomic E-state index is 0.342. The van der Waals surface area contributed by atoms with E-state index in [1.54, 1.807) is 95.2 Å². The second-order valence-corrected chi connectivity index (χ2v) is 19.0. The Morgan fingerprint density at radius 1 is 0.569 bits per heavy atom. The lowest BCUT2D eigenvalue weighted by molar-refractivity contribution is 0.0452. The van der Waals surface area contributed by atoms with Crippen molar-refractivity contribution in [2.45, 2.75) is 142 Å². The standard InChI is InChI=1S/C41H65N9O8/c1-38(2,3)55-34(51)44-27-17-28(45-35(52)56-39(4,5)6)22-49(21-27)31-19-32(43-26-15-13-25(42)14-16-26)48-33(20-31)50-23-29(46-36(53)57-40(7,8)9)18-30(24-50)47-37(54)58-41(10,11)12/h13-16,19-20,27-30H,17-18,21-24,42H2,1-12H3,(H,43,48)(H,44,51)(H,45,52)(H,46,53)(H,47,54)/t27-,28+,29-,30+. The van der Waals surface area contributed by atoms with Gasteiger partial charge in [0.1, 0.15) is 34.0 Å². The number of rotatable bonds is 8. The number of hydrogen-bond acceptors (Lipinski definition) is 13. The zero-order chi connectivity index (χ0) is 43.2. The van der Waals surface area contributed by atoms with Gasteiger partial charge >= 0.3 is 24.4 Å². The van der Waals surface area contributed by atoms with Crippen LogP contribution in [0, 0.1) is 0 Å². The number of carbonyl (C=O) groups is 4. The molecule has 2 saturated heterocycles. The number of anilines is 5. The lowest BCUT2D eigenvalue weighted by atomic mass is 9.99. The Balaban J connectivity index is 1.74. The number of aromatic nitrogens is 1. The van der Waals surface area contributed by atoms with Gasteiger partial charge in [-0.05, 0) is 120 Å². The molecule has 2 fully saturated rings. The van der Waals surface area contributed by atoms with Crippen LogP contribution in [0.1, 0.15) is 95.9 Å². The third-order valence-electron chi connectivity index (χ3n) is 8.45. The summed E-state index contributed by atoms with van der Waals surface area (Å²) in [4.78, 5) is 61.1. The van der Waals surface area contributed by atoms with E-state index in [0.717, 1.165) is 11.4 Å². The molecule has 0 saturated carbocycles. The lowest BCUT2D eigenvalue weighted by Crippen LogP contribution is -2.58. The monoisotopic (exact) mass is 811 g/mol. The number of carbonyl (C=O) groups excluding carboxylic acids is 4. The molecule has 4 amide bonds. The van der Waals surface area contributed by atoms with Crippen LogP contribution < -0.4 is 42.1 Å². The van der Waals surface area contributed by atoms with Crippen LogP contribution >= 0.6 is 0 Å². The Labute approximate surface area is 342 Å². The zero-order valence-corrected chi connectivity index (χ0v) is 36.2. The van der Waals surface area contributed by atoms with Crippen molar-refractivity contribution in [3.05, 3.63) is 36.4 Å². The number of benzene rings is 1. The van der Waals surface area contributed by atoms with E-state index in [1.807, 2.05) is 29.2 Å². The van der Waals surface area contributed by atoms with E-state index in [9.17, 15) is 19.2 Å². The number of pyridine rings is 1. The Kier molecular flexibility index (Phi) is 14.1. The molecule has 322 valence electrons. The molecule has 0 bridgehead atoms. The first kappa shape index (κ1) is 45.4. The maximum Gasteiger partial charge on any atom is 0.407 e. The third-order valence-corrected chi connectivity index (χ3v) is 8.45. The molecule has 4 atom stereocenters. The van der Waals surface area contributed by atoms with E-state index in [0.29, 0.717) is 56.3 Å². The molecule has 0 unspecified atom stereocenters. The highest BCUT2D eigenvalue weighted by Crippen LogP contribution is 2.31. The number of nitrogens with zero attached hydrogens (tertiary/aromatic N) is 3. The van der Waals surface area contributed by atoms with Crippen molar-refractivity contribution in [3.63, 3.8) is 0 Å². The fourth-order valence-electron chi connectivity index (χ4n) is 6.54. The number of nitrogen functional groups attached to an aromatic ring is 1. The molecule has 17 nitrogen and oxygen atoms in total. The Bertz CT molecular complexity index is 1570. The Morgan fingerprint density at radius 3 is 1.26 bits per heavy atom. The molecule has 58 heavy (non-hydrogen) atoms. The van der Waals surface area contributed by atoms with E-state index < -0.39 is 70.9 Å². The minimum Gasteiger partial charge on any atom is -0.444 e. The fraction of sp³-hybridized carbons (Fsp3) is 0.634. The average molecular weight is 812 g/mol. The third kappa shape index (κ3) is 15.9. The van der Waals surface area contributed by atoms with Gasteiger partial charge in [0.2, 0.25) is 0 Å². The quantitative estimate of drug-likeness (QED) is 0.126. The van der Waals surface area contributed by atoms with Crippen molar-refractivity contribution in [1.82, 2.24) is 26.3 Å². The summed E-state index contributed by atoms with van der Waals surface area (Å²) in [5.41, 5.74) is 5.20. The number of nitrogens with one attached hydrogen (secondary N) is 5. The van der Waals surface area contributed by atoms with Crippen LogP contribution in [0.25, 0.3) is 0 Å². The van der Waals surface area contributed by atoms with Crippen molar-refractivity contribution in [3.8, 4) is 0 Å². The summed E-state index contributed by atoms with van der Waals surface area (Å²) < 4.78 is 22.3. The van der Waals surface area contributed by atoms with Crippen LogP contribution in [-0.2, 0) is 18.9 Å². The second kappa shape index (κ2) is 18.1. The normalized spacial score (nSPS) is 20.3. The molecule has 1 aromatic heterocycles. The topological polar surface area (TPSA) is 211 Å². The predicted molar refractivity (Wildman–Crippen MR) is 225 cm³/mol. The maximum absolute atomic E-state index is 13.0. The van der Waals surface area contributed by atoms with Gasteiger partial charge in [-0.25, -0.2) is 24.2 Å². The van der Waals surface area contributed by atoms with Crippen LogP contribution in [0.2, 0.25) is 0 Å². The molecule has 0 spiro atoms. The first-order valence-electron chi connectivity index (χ1n) is 19.8. The largest absolute Gasteiger partial charge is 0.444 e. The van der Waals surface area contributed by atoms with Crippen molar-refractivity contribution in [1.29, 1.82) is 0 Å². The summed E-state index contributed by atoms with van der Waals surface area (Å²) in [7, 11) is 0. The van der Waals surface area contributed by atoms with E-state index >= 15 is 0 Å². The van der Waals surface area contributed by atoms with Crippen LogP contribution in [0.4, 0.5) is 47.9 Å². The molecule has 2 aliphatic heterocycles. The van der Waals surface area contributed by atoms with Crippen molar-refractivity contribution in [2.75, 3.05) is 47.0 Å². The van der Waals surface area contributed by atoms with Crippen LogP contribution in [0.3, 0.4) is 0 Å². The second-order valence-electron chi connectivity index (χ2n) is 19.0. The highest BCUT2D eigenvalue weighted by molar-refractivity contribution is 5.72. The predicted octanol–water partition coefficient (Wildman–Crippen LogP) is 6.40. The van der Waals surface area contributed by atoms with Crippen LogP contribution in [0.5, 0.6) is 0 Å². The molecule has 17 heteroatoms. The molecule has 0 aliphatic carbocycles. The Morgan fingerprint density at radius 2 is 0.914 bits per heavy atom. The lowest BCUT2D eigenvalue weighted by Gasteiger charge is -2.41. The first-order valence-corrected chi connectivity index (χ1v) is 19.8. The highest BCUT2D eigenvalue weighted by Gasteiger charge is 2.35. The van der Waals surface area contributed by atoms with E-state index in [1.165, 1.54) is 0 Å². The van der Waals surface area contributed by atoms with Gasteiger partial charge in [0, 0.05) is 55.4 Å². The van der Waals surface area contributed by atoms with Gasteiger partial charge in [0.25, 0.3) is 0 Å². The number of alkyl carbamates (subject to hydrolysis) is 4. The maximum atomic E-state index is 13.0. The van der Waals surface area contributed by atoms with E-state index in [2.05, 4.69) is 31.5 Å². The summed E-state index contributed by atoms with van der Waals surface area (Å²) >= 11 is 0. The SMILES string of the molecule is CC(C)(C)OC(=O)N[C@@H]1C[C@H](NC(=O)OC(C)(C)C)CN(c2cc(Nc3ccc(N)cc3)nc(N3C[C@H](NC(=O)OC(C)(C)C)C[C@H](NC(=O)OC(C)(C)C)C3)c2)C1. The summed E-state index contributed by atoms with van der Waals surface area (Å²) in [6.45, 7) is 23.0. The smallest absolute Gasteiger partial charge is 0.407 e. The fourth-order valence-corrected chi connectivity index (χ4v) is 6.54. The molecule has 2 aromatic rings.